The number of nitrogens with one attached hydrogen (secondary N) is 1. The Morgan fingerprint density at radius 1 is 0.917 bits per heavy atom. The number of carbonyl (C=O) groups is 4. The zero-order valence-electron chi connectivity index (χ0n) is 19.1. The van der Waals surface area contributed by atoms with E-state index >= 15 is 0 Å². The smallest absolute Gasteiger partial charge is 0.338 e. The van der Waals surface area contributed by atoms with Gasteiger partial charge in [-0.25, -0.2) is 9.69 Å². The third kappa shape index (κ3) is 4.82. The summed E-state index contributed by atoms with van der Waals surface area (Å²) in [6, 6.07) is 19.3. The highest BCUT2D eigenvalue weighted by atomic mass is 16.7. The summed E-state index contributed by atoms with van der Waals surface area (Å²) in [5, 5.41) is 3.12. The Hall–Kier alpha value is -4.50. The van der Waals surface area contributed by atoms with Crippen molar-refractivity contribution in [2.75, 3.05) is 18.3 Å². The van der Waals surface area contributed by atoms with E-state index in [-0.39, 0.29) is 43.0 Å². The van der Waals surface area contributed by atoms with Crippen LogP contribution in [0.25, 0.3) is 0 Å². The van der Waals surface area contributed by atoms with Gasteiger partial charge in [-0.3, -0.25) is 14.4 Å². The molecule has 1 fully saturated rings. The van der Waals surface area contributed by atoms with Crippen LogP contribution in [0.15, 0.2) is 72.8 Å². The second-order valence-corrected chi connectivity index (χ2v) is 8.30. The normalized spacial score (nSPS) is 16.3. The van der Waals surface area contributed by atoms with Crippen molar-refractivity contribution in [1.82, 2.24) is 5.32 Å². The first-order valence-corrected chi connectivity index (χ1v) is 11.3. The van der Waals surface area contributed by atoms with Gasteiger partial charge in [0, 0.05) is 12.1 Å². The molecule has 9 heteroatoms. The molecule has 0 saturated carbocycles. The van der Waals surface area contributed by atoms with E-state index in [9.17, 15) is 19.2 Å². The molecule has 3 aromatic carbocycles. The van der Waals surface area contributed by atoms with Crippen molar-refractivity contribution in [1.29, 1.82) is 0 Å². The molecule has 1 saturated heterocycles. The van der Waals surface area contributed by atoms with E-state index in [1.165, 1.54) is 24.3 Å². The minimum absolute atomic E-state index is 0.0226. The van der Waals surface area contributed by atoms with Crippen LogP contribution in [0.1, 0.15) is 32.7 Å². The average Bonchev–Trinajstić information content (AvgIpc) is 3.49. The standard InChI is InChI=1S/C27H22N2O7/c30-22(18-4-2-1-3-5-18)15-34-27(33)19-7-9-20(10-8-19)29-25(31)13-21(26(29)32)28-14-17-6-11-23-24(12-17)36-16-35-23/h1-12,21,28H,13-16H2. The van der Waals surface area contributed by atoms with E-state index in [4.69, 9.17) is 14.2 Å². The molecule has 2 aliphatic rings. The highest BCUT2D eigenvalue weighted by Gasteiger charge is 2.39. The molecule has 36 heavy (non-hydrogen) atoms. The summed E-state index contributed by atoms with van der Waals surface area (Å²) in [5.41, 5.74) is 1.91. The van der Waals surface area contributed by atoms with Gasteiger partial charge in [-0.05, 0) is 42.0 Å². The number of hydrogen-bond acceptors (Lipinski definition) is 8. The van der Waals surface area contributed by atoms with Gasteiger partial charge in [-0.15, -0.1) is 0 Å². The number of esters is 1. The lowest BCUT2D eigenvalue weighted by Crippen LogP contribution is -2.38. The zero-order valence-corrected chi connectivity index (χ0v) is 19.1. The SMILES string of the molecule is O=C(COC(=O)c1ccc(N2C(=O)CC(NCc3ccc4c(c3)OCO4)C2=O)cc1)c1ccccc1. The van der Waals surface area contributed by atoms with Crippen LogP contribution in [0.2, 0.25) is 0 Å². The van der Waals surface area contributed by atoms with E-state index < -0.39 is 12.0 Å². The first-order chi connectivity index (χ1) is 17.5. The van der Waals surface area contributed by atoms with E-state index in [1.807, 2.05) is 12.1 Å². The van der Waals surface area contributed by atoms with Crippen LogP contribution < -0.4 is 19.7 Å². The average molecular weight is 486 g/mol. The van der Waals surface area contributed by atoms with Crippen LogP contribution in [-0.4, -0.2) is 43.0 Å². The van der Waals surface area contributed by atoms with Crippen molar-refractivity contribution in [2.45, 2.75) is 19.0 Å². The molecular weight excluding hydrogens is 464 g/mol. The lowest BCUT2D eigenvalue weighted by Gasteiger charge is -2.16. The van der Waals surface area contributed by atoms with E-state index in [0.29, 0.717) is 29.3 Å². The first-order valence-electron chi connectivity index (χ1n) is 11.3. The summed E-state index contributed by atoms with van der Waals surface area (Å²) >= 11 is 0. The van der Waals surface area contributed by atoms with E-state index in [2.05, 4.69) is 5.32 Å². The summed E-state index contributed by atoms with van der Waals surface area (Å²) < 4.78 is 15.8. The quantitative estimate of drug-likeness (QED) is 0.294. The van der Waals surface area contributed by atoms with Gasteiger partial charge in [0.15, 0.2) is 23.9 Å². The molecule has 0 radical (unpaired) electrons. The van der Waals surface area contributed by atoms with Crippen LogP contribution in [0.4, 0.5) is 5.69 Å². The Labute approximate surface area is 206 Å². The summed E-state index contributed by atoms with van der Waals surface area (Å²) in [5.74, 6) is -0.377. The molecule has 3 aromatic rings. The van der Waals surface area contributed by atoms with Crippen molar-refractivity contribution < 1.29 is 33.4 Å². The van der Waals surface area contributed by atoms with Crippen molar-refractivity contribution in [2.24, 2.45) is 0 Å². The predicted octanol–water partition coefficient (Wildman–Crippen LogP) is 2.88. The van der Waals surface area contributed by atoms with Gasteiger partial charge < -0.3 is 19.5 Å². The molecule has 0 spiro atoms. The Morgan fingerprint density at radius 2 is 1.67 bits per heavy atom. The Balaban J connectivity index is 1.17. The van der Waals surface area contributed by atoms with Gasteiger partial charge in [-0.2, -0.15) is 0 Å². The number of nitrogens with zero attached hydrogens (tertiary/aromatic N) is 1. The summed E-state index contributed by atoms with van der Waals surface area (Å²) in [6.07, 6.45) is 0.0226. The molecular formula is C27H22N2O7. The maximum absolute atomic E-state index is 12.9. The van der Waals surface area contributed by atoms with Crippen molar-refractivity contribution in [3.63, 3.8) is 0 Å². The molecule has 0 aromatic heterocycles. The van der Waals surface area contributed by atoms with Crippen LogP contribution in [0.5, 0.6) is 11.5 Å². The number of fused-ring (bicyclic) bond motifs is 1. The van der Waals surface area contributed by atoms with E-state index in [1.54, 1.807) is 36.4 Å². The lowest BCUT2D eigenvalue weighted by atomic mass is 10.1. The molecule has 0 aliphatic carbocycles. The lowest BCUT2D eigenvalue weighted by molar-refractivity contribution is -0.121. The minimum Gasteiger partial charge on any atom is -0.454 e. The number of benzene rings is 3. The van der Waals surface area contributed by atoms with Crippen molar-refractivity contribution in [3.8, 4) is 11.5 Å². The molecule has 1 atom stereocenters. The molecule has 5 rings (SSSR count). The van der Waals surface area contributed by atoms with Gasteiger partial charge in [0.25, 0.3) is 5.91 Å². The summed E-state index contributed by atoms with van der Waals surface area (Å²) in [4.78, 5) is 51.1. The van der Waals surface area contributed by atoms with Gasteiger partial charge in [0.2, 0.25) is 12.7 Å². The molecule has 2 heterocycles. The maximum Gasteiger partial charge on any atom is 0.338 e. The van der Waals surface area contributed by atoms with Crippen molar-refractivity contribution in [3.05, 3.63) is 89.5 Å². The Morgan fingerprint density at radius 3 is 2.44 bits per heavy atom. The van der Waals surface area contributed by atoms with E-state index in [0.717, 1.165) is 10.5 Å². The second-order valence-electron chi connectivity index (χ2n) is 8.30. The number of imide groups is 1. The fourth-order valence-electron chi connectivity index (χ4n) is 4.02. The van der Waals surface area contributed by atoms with Crippen LogP contribution in [0.3, 0.4) is 0 Å². The highest BCUT2D eigenvalue weighted by Crippen LogP contribution is 2.32. The van der Waals surface area contributed by atoms with Crippen molar-refractivity contribution >= 4 is 29.3 Å². The van der Waals surface area contributed by atoms with Gasteiger partial charge in [0.1, 0.15) is 0 Å². The fourth-order valence-corrected chi connectivity index (χ4v) is 4.02. The van der Waals surface area contributed by atoms with Gasteiger partial charge in [-0.1, -0.05) is 36.4 Å². The second kappa shape index (κ2) is 10.0. The number of Topliss-reactive ketones (excluding diaryl/α,β-unsaturated/α-hetero) is 1. The first kappa shape index (κ1) is 23.3. The number of amides is 2. The monoisotopic (exact) mass is 486 g/mol. The zero-order chi connectivity index (χ0) is 25.1. The summed E-state index contributed by atoms with van der Waals surface area (Å²) in [6.45, 7) is 0.171. The Bertz CT molecular complexity index is 1320. The van der Waals surface area contributed by atoms with Crippen LogP contribution in [0, 0.1) is 0 Å². The number of ketones is 1. The number of hydrogen-bond donors (Lipinski definition) is 1. The predicted molar refractivity (Wildman–Crippen MR) is 128 cm³/mol. The molecule has 1 unspecified atom stereocenters. The van der Waals surface area contributed by atoms with Crippen LogP contribution >= 0.6 is 0 Å². The maximum atomic E-state index is 12.9. The molecule has 2 aliphatic heterocycles. The van der Waals surface area contributed by atoms with Crippen LogP contribution in [-0.2, 0) is 20.9 Å². The largest absolute Gasteiger partial charge is 0.454 e. The number of rotatable bonds is 8. The number of anilines is 1. The topological polar surface area (TPSA) is 111 Å². The highest BCUT2D eigenvalue weighted by molar-refractivity contribution is 6.22. The minimum atomic E-state index is -0.673. The van der Waals surface area contributed by atoms with Gasteiger partial charge >= 0.3 is 5.97 Å². The molecule has 0 bridgehead atoms. The molecule has 9 nitrogen and oxygen atoms in total. The third-order valence-electron chi connectivity index (χ3n) is 5.93. The molecule has 2 amide bonds. The molecule has 182 valence electrons. The van der Waals surface area contributed by atoms with Gasteiger partial charge in [0.05, 0.1) is 23.7 Å². The number of carbonyl (C=O) groups excluding carboxylic acids is 4. The number of ether oxygens (including phenoxy) is 3. The fraction of sp³-hybridized carbons (Fsp3) is 0.185. The Kier molecular flexibility index (Phi) is 6.46. The third-order valence-corrected chi connectivity index (χ3v) is 5.93. The summed E-state index contributed by atoms with van der Waals surface area (Å²) in [7, 11) is 0. The molecule has 1 N–H and O–H groups in total.